The zero-order valence-corrected chi connectivity index (χ0v) is 8.27. The van der Waals surface area contributed by atoms with Crippen molar-refractivity contribution < 1.29 is 0 Å². The lowest BCUT2D eigenvalue weighted by atomic mass is 10.3. The van der Waals surface area contributed by atoms with Crippen LogP contribution in [-0.4, -0.2) is 9.78 Å². The molecule has 0 amide bonds. The number of rotatable bonds is 4. The Labute approximate surface area is 79.6 Å². The van der Waals surface area contributed by atoms with E-state index in [0.717, 1.165) is 12.8 Å². The molecule has 0 unspecified atom stereocenters. The van der Waals surface area contributed by atoms with E-state index >= 15 is 0 Å². The summed E-state index contributed by atoms with van der Waals surface area (Å²) in [5.74, 6) is 0. The molecule has 0 saturated heterocycles. The van der Waals surface area contributed by atoms with Gasteiger partial charge in [-0.15, -0.1) is 0 Å². The number of allylic oxidation sites excluding steroid dienone is 4. The Balaban J connectivity index is 2.73. The van der Waals surface area contributed by atoms with Gasteiger partial charge in [-0.25, -0.2) is 4.68 Å². The predicted octanol–water partition coefficient (Wildman–Crippen LogP) is 3.10. The molecule has 1 heterocycles. The van der Waals surface area contributed by atoms with Crippen LogP contribution >= 0.6 is 0 Å². The number of hydrogen-bond acceptors (Lipinski definition) is 1. The second-order valence-corrected chi connectivity index (χ2v) is 2.80. The van der Waals surface area contributed by atoms with Gasteiger partial charge in [-0.1, -0.05) is 26.0 Å². The lowest BCUT2D eigenvalue weighted by Crippen LogP contribution is -1.95. The molecule has 0 bridgehead atoms. The molecule has 0 saturated carbocycles. The van der Waals surface area contributed by atoms with Crippen LogP contribution in [0.25, 0.3) is 5.70 Å². The minimum absolute atomic E-state index is 0.996. The number of nitrogens with zero attached hydrogens (tertiary/aromatic N) is 2. The molecular formula is C11H16N2. The lowest BCUT2D eigenvalue weighted by Gasteiger charge is -2.02. The van der Waals surface area contributed by atoms with E-state index in [1.165, 1.54) is 5.70 Å². The third-order valence-electron chi connectivity index (χ3n) is 1.82. The Hall–Kier alpha value is -1.31. The summed E-state index contributed by atoms with van der Waals surface area (Å²) in [6.45, 7) is 4.26. The van der Waals surface area contributed by atoms with Crippen molar-refractivity contribution in [3.05, 3.63) is 36.7 Å². The highest BCUT2D eigenvalue weighted by atomic mass is 15.3. The summed E-state index contributed by atoms with van der Waals surface area (Å²) >= 11 is 0. The number of aromatic nitrogens is 2. The quantitative estimate of drug-likeness (QED) is 0.644. The van der Waals surface area contributed by atoms with Gasteiger partial charge in [0.25, 0.3) is 0 Å². The largest absolute Gasteiger partial charge is 0.245 e. The van der Waals surface area contributed by atoms with Crippen LogP contribution in [0.2, 0.25) is 0 Å². The molecule has 1 aromatic rings. The fraction of sp³-hybridized carbons (Fsp3) is 0.364. The lowest BCUT2D eigenvalue weighted by molar-refractivity contribution is 0.864. The molecule has 2 nitrogen and oxygen atoms in total. The van der Waals surface area contributed by atoms with Crippen LogP contribution in [0.5, 0.6) is 0 Å². The summed E-state index contributed by atoms with van der Waals surface area (Å²) in [5, 5.41) is 4.18. The maximum atomic E-state index is 4.18. The van der Waals surface area contributed by atoms with E-state index in [1.54, 1.807) is 6.20 Å². The molecule has 1 rings (SSSR count). The number of hydrogen-bond donors (Lipinski definition) is 0. The van der Waals surface area contributed by atoms with Crippen molar-refractivity contribution >= 4 is 5.70 Å². The van der Waals surface area contributed by atoms with Gasteiger partial charge in [-0.2, -0.15) is 5.10 Å². The topological polar surface area (TPSA) is 17.8 Å². The van der Waals surface area contributed by atoms with Gasteiger partial charge in [-0.3, -0.25) is 0 Å². The van der Waals surface area contributed by atoms with Crippen molar-refractivity contribution in [2.24, 2.45) is 0 Å². The Morgan fingerprint density at radius 3 is 2.85 bits per heavy atom. The molecule has 13 heavy (non-hydrogen) atoms. The standard InChI is InChI=1S/C11H16N2/c1-3-5-6-8-11(4-2)13-10-7-9-12-13/h5-10H,3-4H2,1-2H3/b6-5-,11-8+. The summed E-state index contributed by atoms with van der Waals surface area (Å²) < 4.78 is 1.90. The molecule has 0 aliphatic heterocycles. The van der Waals surface area contributed by atoms with Crippen LogP contribution in [0.3, 0.4) is 0 Å². The molecule has 0 aliphatic rings. The fourth-order valence-electron chi connectivity index (χ4n) is 1.11. The maximum absolute atomic E-state index is 4.18. The van der Waals surface area contributed by atoms with E-state index in [4.69, 9.17) is 0 Å². The second kappa shape index (κ2) is 5.36. The Bertz CT molecular complexity index is 281. The first-order valence-electron chi connectivity index (χ1n) is 4.74. The van der Waals surface area contributed by atoms with Crippen molar-refractivity contribution in [1.82, 2.24) is 9.78 Å². The predicted molar refractivity (Wildman–Crippen MR) is 56.2 cm³/mol. The summed E-state index contributed by atoms with van der Waals surface area (Å²) in [6, 6.07) is 1.94. The molecule has 1 aromatic heterocycles. The van der Waals surface area contributed by atoms with E-state index < -0.39 is 0 Å². The Morgan fingerprint density at radius 1 is 1.46 bits per heavy atom. The van der Waals surface area contributed by atoms with Crippen molar-refractivity contribution in [2.75, 3.05) is 0 Å². The SMILES string of the molecule is CC/C=C\C=C(/CC)n1cccn1. The van der Waals surface area contributed by atoms with Crippen molar-refractivity contribution in [2.45, 2.75) is 26.7 Å². The molecular weight excluding hydrogens is 160 g/mol. The van der Waals surface area contributed by atoms with Crippen molar-refractivity contribution in [1.29, 1.82) is 0 Å². The van der Waals surface area contributed by atoms with Gasteiger partial charge in [0, 0.05) is 18.1 Å². The molecule has 0 atom stereocenters. The minimum Gasteiger partial charge on any atom is -0.245 e. The molecule has 0 fully saturated rings. The second-order valence-electron chi connectivity index (χ2n) is 2.80. The van der Waals surface area contributed by atoms with Gasteiger partial charge in [0.2, 0.25) is 0 Å². The van der Waals surface area contributed by atoms with Crippen molar-refractivity contribution in [3.63, 3.8) is 0 Å². The monoisotopic (exact) mass is 176 g/mol. The van der Waals surface area contributed by atoms with Crippen LogP contribution in [0, 0.1) is 0 Å². The van der Waals surface area contributed by atoms with E-state index in [0.29, 0.717) is 0 Å². The summed E-state index contributed by atoms with van der Waals surface area (Å²) in [5.41, 5.74) is 1.22. The fourth-order valence-corrected chi connectivity index (χ4v) is 1.11. The van der Waals surface area contributed by atoms with Gasteiger partial charge in [0.15, 0.2) is 0 Å². The minimum atomic E-state index is 0.996. The molecule has 0 aromatic carbocycles. The van der Waals surface area contributed by atoms with Gasteiger partial charge in [0.1, 0.15) is 0 Å². The molecule has 0 aliphatic carbocycles. The van der Waals surface area contributed by atoms with Gasteiger partial charge in [0.05, 0.1) is 0 Å². The normalized spacial score (nSPS) is 12.6. The Kier molecular flexibility index (Phi) is 4.03. The van der Waals surface area contributed by atoms with E-state index in [2.05, 4.69) is 37.2 Å². The summed E-state index contributed by atoms with van der Waals surface area (Å²) in [4.78, 5) is 0. The van der Waals surface area contributed by atoms with Crippen LogP contribution < -0.4 is 0 Å². The van der Waals surface area contributed by atoms with Gasteiger partial charge < -0.3 is 0 Å². The van der Waals surface area contributed by atoms with Crippen molar-refractivity contribution in [3.8, 4) is 0 Å². The van der Waals surface area contributed by atoms with Crippen LogP contribution in [-0.2, 0) is 0 Å². The summed E-state index contributed by atoms with van der Waals surface area (Å²) in [6.07, 6.45) is 12.2. The van der Waals surface area contributed by atoms with Gasteiger partial charge >= 0.3 is 0 Å². The van der Waals surface area contributed by atoms with Crippen LogP contribution in [0.15, 0.2) is 36.7 Å². The first-order chi connectivity index (χ1) is 6.38. The average molecular weight is 176 g/mol. The summed E-state index contributed by atoms with van der Waals surface area (Å²) in [7, 11) is 0. The third-order valence-corrected chi connectivity index (χ3v) is 1.82. The zero-order valence-electron chi connectivity index (χ0n) is 8.27. The molecule has 0 N–H and O–H groups in total. The first-order valence-corrected chi connectivity index (χ1v) is 4.74. The Morgan fingerprint density at radius 2 is 2.31 bits per heavy atom. The highest BCUT2D eigenvalue weighted by molar-refractivity contribution is 5.46. The zero-order chi connectivity index (χ0) is 9.52. The van der Waals surface area contributed by atoms with E-state index in [9.17, 15) is 0 Å². The highest BCUT2D eigenvalue weighted by Gasteiger charge is 1.94. The molecule has 0 radical (unpaired) electrons. The van der Waals surface area contributed by atoms with Crippen LogP contribution in [0.1, 0.15) is 26.7 Å². The first kappa shape index (κ1) is 9.78. The smallest absolute Gasteiger partial charge is 0.0493 e. The maximum Gasteiger partial charge on any atom is 0.0493 e. The molecule has 70 valence electrons. The highest BCUT2D eigenvalue weighted by Crippen LogP contribution is 2.07. The third kappa shape index (κ3) is 2.90. The van der Waals surface area contributed by atoms with E-state index in [1.807, 2.05) is 16.9 Å². The molecule has 2 heteroatoms. The average Bonchev–Trinajstić information content (AvgIpc) is 2.65. The van der Waals surface area contributed by atoms with E-state index in [-0.39, 0.29) is 0 Å². The van der Waals surface area contributed by atoms with Gasteiger partial charge in [-0.05, 0) is 25.0 Å². The van der Waals surface area contributed by atoms with Crippen LogP contribution in [0.4, 0.5) is 0 Å². The molecule has 0 spiro atoms.